The van der Waals surface area contributed by atoms with Gasteiger partial charge in [-0.3, -0.25) is 9.78 Å². The number of carbonyl (C=O) groups excluding carboxylic acids is 1. The fourth-order valence-corrected chi connectivity index (χ4v) is 5.20. The standard InChI is InChI=1S/C36H50N2O3/c1-4-5-6-7-8-9-10-11-12-13-14-15-24-41-36-27-33(21-22-35(36)40-3)29-38(30(2)39)34-20-16-18-31(26-34)25-32-19-17-23-37-28-32/h16-23,26-28H,4-15,24-25,29H2,1-3H3. The summed E-state index contributed by atoms with van der Waals surface area (Å²) in [7, 11) is 1.67. The van der Waals surface area contributed by atoms with Crippen molar-refractivity contribution in [3.63, 3.8) is 0 Å². The molecule has 0 bridgehead atoms. The Hall–Kier alpha value is -3.34. The Kier molecular flexibility index (Phi) is 14.8. The first kappa shape index (κ1) is 32.2. The molecule has 3 aromatic rings. The fraction of sp³-hybridized carbons (Fsp3) is 0.500. The van der Waals surface area contributed by atoms with Gasteiger partial charge >= 0.3 is 0 Å². The first-order chi connectivity index (χ1) is 20.1. The number of nitrogens with zero attached hydrogens (tertiary/aromatic N) is 2. The SMILES string of the molecule is CCCCCCCCCCCCCCOc1cc(CN(C(C)=O)c2cccc(Cc3cccnc3)c2)ccc1OC. The van der Waals surface area contributed by atoms with Crippen molar-refractivity contribution in [1.82, 2.24) is 4.98 Å². The largest absolute Gasteiger partial charge is 0.493 e. The van der Waals surface area contributed by atoms with Crippen molar-refractivity contribution in [1.29, 1.82) is 0 Å². The van der Waals surface area contributed by atoms with Crippen LogP contribution in [0.2, 0.25) is 0 Å². The van der Waals surface area contributed by atoms with Crippen LogP contribution >= 0.6 is 0 Å². The lowest BCUT2D eigenvalue weighted by molar-refractivity contribution is -0.116. The summed E-state index contributed by atoms with van der Waals surface area (Å²) in [5.74, 6) is 1.46. The lowest BCUT2D eigenvalue weighted by Crippen LogP contribution is -2.27. The molecule has 41 heavy (non-hydrogen) atoms. The quantitative estimate of drug-likeness (QED) is 0.130. The minimum atomic E-state index is -0.00157. The van der Waals surface area contributed by atoms with Crippen molar-refractivity contribution in [3.8, 4) is 11.5 Å². The zero-order chi connectivity index (χ0) is 29.1. The van der Waals surface area contributed by atoms with Crippen molar-refractivity contribution in [2.24, 2.45) is 0 Å². The number of aromatic nitrogens is 1. The lowest BCUT2D eigenvalue weighted by Gasteiger charge is -2.23. The summed E-state index contributed by atoms with van der Waals surface area (Å²) in [5, 5.41) is 0. The van der Waals surface area contributed by atoms with E-state index in [9.17, 15) is 4.79 Å². The molecule has 1 heterocycles. The number of pyridine rings is 1. The summed E-state index contributed by atoms with van der Waals surface area (Å²) in [6, 6.07) is 18.1. The van der Waals surface area contributed by atoms with Gasteiger partial charge in [-0.1, -0.05) is 102 Å². The second-order valence-electron chi connectivity index (χ2n) is 11.0. The Balaban J connectivity index is 1.47. The van der Waals surface area contributed by atoms with Crippen molar-refractivity contribution in [3.05, 3.63) is 83.7 Å². The van der Waals surface area contributed by atoms with Crippen molar-refractivity contribution >= 4 is 11.6 Å². The molecule has 0 spiro atoms. The number of carbonyl (C=O) groups is 1. The number of ether oxygens (including phenoxy) is 2. The molecule has 3 rings (SSSR count). The molecule has 0 saturated heterocycles. The van der Waals surface area contributed by atoms with Gasteiger partial charge in [-0.25, -0.2) is 0 Å². The molecule has 0 fully saturated rings. The highest BCUT2D eigenvalue weighted by molar-refractivity contribution is 5.91. The maximum Gasteiger partial charge on any atom is 0.224 e. The van der Waals surface area contributed by atoms with Crippen LogP contribution in [0.15, 0.2) is 67.0 Å². The predicted molar refractivity (Wildman–Crippen MR) is 170 cm³/mol. The summed E-state index contributed by atoms with van der Waals surface area (Å²) >= 11 is 0. The Labute approximate surface area is 248 Å². The average molecular weight is 559 g/mol. The zero-order valence-corrected chi connectivity index (χ0v) is 25.6. The number of hydrogen-bond acceptors (Lipinski definition) is 4. The number of methoxy groups -OCH3 is 1. The highest BCUT2D eigenvalue weighted by Gasteiger charge is 2.15. The molecular formula is C36H50N2O3. The van der Waals surface area contributed by atoms with Gasteiger partial charge in [0, 0.05) is 25.0 Å². The van der Waals surface area contributed by atoms with Crippen LogP contribution in [0.25, 0.3) is 0 Å². The number of benzene rings is 2. The van der Waals surface area contributed by atoms with Crippen LogP contribution in [0, 0.1) is 0 Å². The van der Waals surface area contributed by atoms with E-state index in [-0.39, 0.29) is 5.91 Å². The van der Waals surface area contributed by atoms with E-state index in [2.05, 4.69) is 30.1 Å². The van der Waals surface area contributed by atoms with Crippen LogP contribution in [-0.2, 0) is 17.8 Å². The number of hydrogen-bond donors (Lipinski definition) is 0. The third-order valence-electron chi connectivity index (χ3n) is 7.56. The van der Waals surface area contributed by atoms with Gasteiger partial charge in [0.2, 0.25) is 5.91 Å². The van der Waals surface area contributed by atoms with Gasteiger partial charge in [-0.05, 0) is 59.9 Å². The van der Waals surface area contributed by atoms with E-state index in [1.165, 1.54) is 70.6 Å². The molecular weight excluding hydrogens is 508 g/mol. The van der Waals surface area contributed by atoms with Gasteiger partial charge in [0.15, 0.2) is 11.5 Å². The average Bonchev–Trinajstić information content (AvgIpc) is 2.99. The smallest absolute Gasteiger partial charge is 0.224 e. The second kappa shape index (κ2) is 18.9. The minimum absolute atomic E-state index is 0.00157. The number of anilines is 1. The Bertz CT molecular complexity index is 1150. The molecule has 1 aromatic heterocycles. The van der Waals surface area contributed by atoms with E-state index in [4.69, 9.17) is 9.47 Å². The first-order valence-corrected chi connectivity index (χ1v) is 15.7. The van der Waals surface area contributed by atoms with Crippen molar-refractivity contribution in [2.75, 3.05) is 18.6 Å². The maximum absolute atomic E-state index is 12.7. The van der Waals surface area contributed by atoms with Gasteiger partial charge in [-0.15, -0.1) is 0 Å². The fourth-order valence-electron chi connectivity index (χ4n) is 5.20. The van der Waals surface area contributed by atoms with Crippen LogP contribution < -0.4 is 14.4 Å². The maximum atomic E-state index is 12.7. The molecule has 0 saturated carbocycles. The van der Waals surface area contributed by atoms with Crippen LogP contribution in [0.4, 0.5) is 5.69 Å². The highest BCUT2D eigenvalue weighted by Crippen LogP contribution is 2.30. The first-order valence-electron chi connectivity index (χ1n) is 15.7. The number of amides is 1. The second-order valence-corrected chi connectivity index (χ2v) is 11.0. The van der Waals surface area contributed by atoms with Crippen LogP contribution in [0.5, 0.6) is 11.5 Å². The van der Waals surface area contributed by atoms with E-state index >= 15 is 0 Å². The van der Waals surface area contributed by atoms with Crippen LogP contribution in [-0.4, -0.2) is 24.6 Å². The molecule has 5 nitrogen and oxygen atoms in total. The molecule has 5 heteroatoms. The van der Waals surface area contributed by atoms with E-state index in [0.717, 1.165) is 46.7 Å². The highest BCUT2D eigenvalue weighted by atomic mass is 16.5. The van der Waals surface area contributed by atoms with E-state index in [0.29, 0.717) is 13.2 Å². The van der Waals surface area contributed by atoms with Gasteiger partial charge in [-0.2, -0.15) is 0 Å². The predicted octanol–water partition coefficient (Wildman–Crippen LogP) is 9.31. The molecule has 2 aromatic carbocycles. The van der Waals surface area contributed by atoms with Gasteiger partial charge in [0.1, 0.15) is 0 Å². The zero-order valence-electron chi connectivity index (χ0n) is 25.6. The summed E-state index contributed by atoms with van der Waals surface area (Å²) in [6.07, 6.45) is 20.3. The normalized spacial score (nSPS) is 10.9. The molecule has 0 radical (unpaired) electrons. The minimum Gasteiger partial charge on any atom is -0.493 e. The third kappa shape index (κ3) is 12.0. The molecule has 0 aliphatic heterocycles. The summed E-state index contributed by atoms with van der Waals surface area (Å²) in [4.78, 5) is 18.7. The molecule has 0 unspecified atom stereocenters. The van der Waals surface area contributed by atoms with Gasteiger partial charge < -0.3 is 14.4 Å². The number of rotatable bonds is 20. The van der Waals surface area contributed by atoms with Crippen LogP contribution in [0.1, 0.15) is 108 Å². The molecule has 0 aliphatic carbocycles. The number of unbranched alkanes of at least 4 members (excludes halogenated alkanes) is 11. The topological polar surface area (TPSA) is 51.7 Å². The summed E-state index contributed by atoms with van der Waals surface area (Å²) < 4.78 is 11.7. The van der Waals surface area contributed by atoms with E-state index in [1.54, 1.807) is 20.2 Å². The Morgan fingerprint density at radius 2 is 1.44 bits per heavy atom. The summed E-state index contributed by atoms with van der Waals surface area (Å²) in [5.41, 5.74) is 4.17. The Morgan fingerprint density at radius 1 is 0.756 bits per heavy atom. The molecule has 0 atom stereocenters. The summed E-state index contributed by atoms with van der Waals surface area (Å²) in [6.45, 7) is 5.02. The molecule has 0 N–H and O–H groups in total. The Morgan fingerprint density at radius 3 is 2.07 bits per heavy atom. The lowest BCUT2D eigenvalue weighted by atomic mass is 10.1. The monoisotopic (exact) mass is 558 g/mol. The van der Waals surface area contributed by atoms with E-state index < -0.39 is 0 Å². The van der Waals surface area contributed by atoms with Gasteiger partial charge in [0.05, 0.1) is 20.3 Å². The molecule has 1 amide bonds. The van der Waals surface area contributed by atoms with Crippen molar-refractivity contribution in [2.45, 2.75) is 104 Å². The van der Waals surface area contributed by atoms with E-state index in [1.807, 2.05) is 47.5 Å². The molecule has 222 valence electrons. The van der Waals surface area contributed by atoms with Crippen LogP contribution in [0.3, 0.4) is 0 Å². The van der Waals surface area contributed by atoms with Gasteiger partial charge in [0.25, 0.3) is 0 Å². The molecule has 0 aliphatic rings. The third-order valence-corrected chi connectivity index (χ3v) is 7.56. The van der Waals surface area contributed by atoms with Crippen molar-refractivity contribution < 1.29 is 14.3 Å².